The molecular formula is C17H24N5O3S2+. The molecule has 0 spiro atoms. The van der Waals surface area contributed by atoms with Crippen LogP contribution in [0.15, 0.2) is 48.1 Å². The Morgan fingerprint density at radius 1 is 1.30 bits per heavy atom. The number of quaternary nitrogens is 1. The molecule has 8 nitrogen and oxygen atoms in total. The number of benzene rings is 1. The first-order valence-electron chi connectivity index (χ1n) is 8.66. The predicted molar refractivity (Wildman–Crippen MR) is 104 cm³/mol. The van der Waals surface area contributed by atoms with E-state index in [2.05, 4.69) is 11.7 Å². The van der Waals surface area contributed by atoms with Gasteiger partial charge in [0.2, 0.25) is 14.8 Å². The first-order valence-corrected chi connectivity index (χ1v) is 10.5. The number of rotatable bonds is 7. The van der Waals surface area contributed by atoms with Crippen LogP contribution in [0.3, 0.4) is 0 Å². The molecule has 2 heterocycles. The van der Waals surface area contributed by atoms with Gasteiger partial charge in [-0.05, 0) is 36.5 Å². The lowest BCUT2D eigenvalue weighted by Gasteiger charge is -2.31. The molecule has 27 heavy (non-hydrogen) atoms. The van der Waals surface area contributed by atoms with Gasteiger partial charge in [0.25, 0.3) is 0 Å². The fraction of sp³-hybridized carbons (Fsp3) is 0.412. The molecule has 10 heteroatoms. The molecule has 0 aliphatic carbocycles. The molecule has 1 N–H and O–H groups in total. The summed E-state index contributed by atoms with van der Waals surface area (Å²) in [6.45, 7) is 7.29. The molecule has 0 bridgehead atoms. The average molecular weight is 411 g/mol. The van der Waals surface area contributed by atoms with Crippen molar-refractivity contribution in [3.63, 3.8) is 0 Å². The van der Waals surface area contributed by atoms with Crippen molar-refractivity contribution in [2.75, 3.05) is 33.3 Å². The number of hydrogen-bond acceptors (Lipinski definition) is 5. The lowest BCUT2D eigenvalue weighted by atomic mass is 10.3. The number of methoxy groups -OCH3 is 1. The summed E-state index contributed by atoms with van der Waals surface area (Å²) < 4.78 is 36.5. The molecule has 0 amide bonds. The normalized spacial score (nSPS) is 16.3. The third-order valence-electron chi connectivity index (χ3n) is 4.62. The third kappa shape index (κ3) is 4.29. The second-order valence-electron chi connectivity index (χ2n) is 6.34. The quantitative estimate of drug-likeness (QED) is 0.520. The van der Waals surface area contributed by atoms with Gasteiger partial charge in [0.05, 0.1) is 38.2 Å². The van der Waals surface area contributed by atoms with Crippen molar-refractivity contribution in [3.05, 3.63) is 48.0 Å². The summed E-state index contributed by atoms with van der Waals surface area (Å²) in [5.41, 5.74) is 0. The molecule has 1 aliphatic heterocycles. The molecule has 0 unspecified atom stereocenters. The zero-order valence-electron chi connectivity index (χ0n) is 15.2. The SMILES string of the molecule is C=CCn1cnn(C[NH+]2CCN(S(=O)(=O)c3ccc(OC)cc3)CC2)c1=S. The van der Waals surface area contributed by atoms with E-state index < -0.39 is 10.0 Å². The second-order valence-corrected chi connectivity index (χ2v) is 8.64. The minimum Gasteiger partial charge on any atom is -0.497 e. The summed E-state index contributed by atoms with van der Waals surface area (Å²) in [5, 5.41) is 4.32. The van der Waals surface area contributed by atoms with Gasteiger partial charge < -0.3 is 14.2 Å². The molecule has 0 atom stereocenters. The largest absolute Gasteiger partial charge is 0.497 e. The lowest BCUT2D eigenvalue weighted by Crippen LogP contribution is -3.14. The van der Waals surface area contributed by atoms with Crippen LogP contribution in [-0.4, -0.2) is 60.4 Å². The van der Waals surface area contributed by atoms with Crippen LogP contribution in [-0.2, 0) is 23.2 Å². The van der Waals surface area contributed by atoms with E-state index in [0.29, 0.717) is 49.9 Å². The molecular weight excluding hydrogens is 386 g/mol. The van der Waals surface area contributed by atoms with Crippen LogP contribution >= 0.6 is 12.2 Å². The molecule has 3 rings (SSSR count). The fourth-order valence-electron chi connectivity index (χ4n) is 3.05. The Hall–Kier alpha value is -2.01. The van der Waals surface area contributed by atoms with Gasteiger partial charge in [-0.3, -0.25) is 0 Å². The minimum atomic E-state index is -3.49. The maximum absolute atomic E-state index is 12.8. The third-order valence-corrected chi connectivity index (χ3v) is 6.98. The van der Waals surface area contributed by atoms with Gasteiger partial charge in [0.1, 0.15) is 12.1 Å². The smallest absolute Gasteiger partial charge is 0.243 e. The van der Waals surface area contributed by atoms with Crippen molar-refractivity contribution in [1.29, 1.82) is 0 Å². The van der Waals surface area contributed by atoms with Crippen LogP contribution in [0.4, 0.5) is 0 Å². The molecule has 1 aliphatic rings. The van der Waals surface area contributed by atoms with Crippen LogP contribution in [0.25, 0.3) is 0 Å². The summed E-state index contributed by atoms with van der Waals surface area (Å²) in [6, 6.07) is 6.49. The molecule has 1 aromatic heterocycles. The maximum Gasteiger partial charge on any atom is 0.243 e. The highest BCUT2D eigenvalue weighted by molar-refractivity contribution is 7.89. The number of allylic oxidation sites excluding steroid dienone is 1. The van der Waals surface area contributed by atoms with E-state index in [1.165, 1.54) is 9.21 Å². The number of nitrogens with zero attached hydrogens (tertiary/aromatic N) is 4. The van der Waals surface area contributed by atoms with Gasteiger partial charge in [0.15, 0.2) is 6.67 Å². The molecule has 2 aromatic rings. The Labute approximate surface area is 164 Å². The fourth-order valence-corrected chi connectivity index (χ4v) is 4.73. The zero-order valence-corrected chi connectivity index (χ0v) is 16.9. The highest BCUT2D eigenvalue weighted by Gasteiger charge is 2.30. The van der Waals surface area contributed by atoms with Crippen molar-refractivity contribution < 1.29 is 18.1 Å². The first-order chi connectivity index (χ1) is 13.0. The van der Waals surface area contributed by atoms with E-state index in [-0.39, 0.29) is 4.90 Å². The van der Waals surface area contributed by atoms with Crippen molar-refractivity contribution in [1.82, 2.24) is 18.7 Å². The highest BCUT2D eigenvalue weighted by atomic mass is 32.2. The number of ether oxygens (including phenoxy) is 1. The molecule has 0 radical (unpaired) electrons. The summed E-state index contributed by atoms with van der Waals surface area (Å²) in [7, 11) is -1.93. The first kappa shape index (κ1) is 19.7. The monoisotopic (exact) mass is 410 g/mol. The topological polar surface area (TPSA) is 73.8 Å². The van der Waals surface area contributed by atoms with Crippen molar-refractivity contribution >= 4 is 22.2 Å². The van der Waals surface area contributed by atoms with E-state index >= 15 is 0 Å². The van der Waals surface area contributed by atoms with E-state index in [9.17, 15) is 8.42 Å². The molecule has 146 valence electrons. The van der Waals surface area contributed by atoms with Crippen LogP contribution in [0.1, 0.15) is 0 Å². The molecule has 1 aromatic carbocycles. The zero-order chi connectivity index (χ0) is 19.4. The van der Waals surface area contributed by atoms with Gasteiger partial charge in [0, 0.05) is 6.54 Å². The van der Waals surface area contributed by atoms with Crippen LogP contribution in [0, 0.1) is 4.77 Å². The van der Waals surface area contributed by atoms with E-state index in [0.717, 1.165) is 0 Å². The minimum absolute atomic E-state index is 0.289. The van der Waals surface area contributed by atoms with Gasteiger partial charge in [-0.2, -0.15) is 14.1 Å². The summed E-state index contributed by atoms with van der Waals surface area (Å²) in [4.78, 5) is 1.54. The molecule has 1 fully saturated rings. The van der Waals surface area contributed by atoms with Crippen molar-refractivity contribution in [2.45, 2.75) is 18.1 Å². The number of hydrogen-bond donors (Lipinski definition) is 1. The van der Waals surface area contributed by atoms with Gasteiger partial charge in [-0.15, -0.1) is 6.58 Å². The van der Waals surface area contributed by atoms with Gasteiger partial charge in [-0.25, -0.2) is 8.42 Å². The van der Waals surface area contributed by atoms with Gasteiger partial charge in [-0.1, -0.05) is 6.08 Å². The van der Waals surface area contributed by atoms with E-state index in [4.69, 9.17) is 17.0 Å². The van der Waals surface area contributed by atoms with E-state index in [1.807, 2.05) is 4.57 Å². The Kier molecular flexibility index (Phi) is 6.10. The number of piperazine rings is 1. The van der Waals surface area contributed by atoms with Crippen molar-refractivity contribution in [3.8, 4) is 5.75 Å². The Bertz CT molecular complexity index is 942. The number of nitrogens with one attached hydrogen (secondary N) is 1. The van der Waals surface area contributed by atoms with E-state index in [1.54, 1.807) is 48.5 Å². The Morgan fingerprint density at radius 2 is 1.96 bits per heavy atom. The predicted octanol–water partition coefficient (Wildman–Crippen LogP) is 0.156. The number of sulfonamides is 1. The Balaban J connectivity index is 1.62. The highest BCUT2D eigenvalue weighted by Crippen LogP contribution is 2.19. The number of aromatic nitrogens is 3. The van der Waals surface area contributed by atoms with Gasteiger partial charge >= 0.3 is 0 Å². The summed E-state index contributed by atoms with van der Waals surface area (Å²) >= 11 is 5.41. The second kappa shape index (κ2) is 8.34. The van der Waals surface area contributed by atoms with Crippen LogP contribution in [0.2, 0.25) is 0 Å². The van der Waals surface area contributed by atoms with Crippen LogP contribution in [0.5, 0.6) is 5.75 Å². The van der Waals surface area contributed by atoms with Crippen molar-refractivity contribution in [2.24, 2.45) is 0 Å². The molecule has 0 saturated carbocycles. The summed E-state index contributed by atoms with van der Waals surface area (Å²) in [5.74, 6) is 0.635. The summed E-state index contributed by atoms with van der Waals surface area (Å²) in [6.07, 6.45) is 3.48. The lowest BCUT2D eigenvalue weighted by molar-refractivity contribution is -0.926. The maximum atomic E-state index is 12.8. The Morgan fingerprint density at radius 3 is 2.56 bits per heavy atom. The molecule has 1 saturated heterocycles. The van der Waals surface area contributed by atoms with Crippen LogP contribution < -0.4 is 9.64 Å². The average Bonchev–Trinajstić information content (AvgIpc) is 3.02. The standard InChI is InChI=1S/C17H23N5O3S2/c1-3-8-20-13-18-22(17(20)26)14-19-9-11-21(12-10-19)27(23,24)16-6-4-15(25-2)5-7-16/h3-7,13H,1,8-12,14H2,2H3/p+1.